The number of nitrogens with zero attached hydrogens (tertiary/aromatic N) is 1. The summed E-state index contributed by atoms with van der Waals surface area (Å²) in [6.45, 7) is 1.72. The maximum absolute atomic E-state index is 11.3. The third kappa shape index (κ3) is 3.38. The molecule has 0 aliphatic carbocycles. The average molecular weight is 263 g/mol. The Kier molecular flexibility index (Phi) is 4.27. The average Bonchev–Trinajstić information content (AvgIpc) is 2.75. The lowest BCUT2D eigenvalue weighted by molar-refractivity contribution is 0.0996. The molecule has 1 atom stereocenters. The van der Waals surface area contributed by atoms with Gasteiger partial charge in [0.2, 0.25) is 0 Å². The molecule has 19 heavy (non-hydrogen) atoms. The van der Waals surface area contributed by atoms with E-state index in [0.29, 0.717) is 29.6 Å². The van der Waals surface area contributed by atoms with Crippen molar-refractivity contribution in [2.45, 2.75) is 25.3 Å². The van der Waals surface area contributed by atoms with Gasteiger partial charge >= 0.3 is 0 Å². The van der Waals surface area contributed by atoms with E-state index in [1.165, 1.54) is 12.8 Å². The molecule has 1 aromatic rings. The molecular weight excluding hydrogens is 242 g/mol. The summed E-state index contributed by atoms with van der Waals surface area (Å²) < 4.78 is 5.68. The summed E-state index contributed by atoms with van der Waals surface area (Å²) in [7, 11) is 2.13. The van der Waals surface area contributed by atoms with E-state index in [1.807, 2.05) is 0 Å². The second kappa shape index (κ2) is 5.93. The number of carbonyl (C=O) groups excluding carboxylic acids is 1. The van der Waals surface area contributed by atoms with Crippen LogP contribution in [0.1, 0.15) is 29.6 Å². The van der Waals surface area contributed by atoms with Crippen LogP contribution < -0.4 is 16.2 Å². The highest BCUT2D eigenvalue weighted by atomic mass is 16.5. The van der Waals surface area contributed by atoms with E-state index in [2.05, 4.69) is 11.9 Å². The Morgan fingerprint density at radius 3 is 2.95 bits per heavy atom. The number of nitrogens with two attached hydrogens (primary N) is 2. The van der Waals surface area contributed by atoms with Crippen LogP contribution in [0.15, 0.2) is 18.2 Å². The van der Waals surface area contributed by atoms with Gasteiger partial charge in [0.05, 0.1) is 12.2 Å². The summed E-state index contributed by atoms with van der Waals surface area (Å²) in [4.78, 5) is 13.6. The van der Waals surface area contributed by atoms with E-state index in [1.54, 1.807) is 18.2 Å². The summed E-state index contributed by atoms with van der Waals surface area (Å²) in [5, 5.41) is 0. The van der Waals surface area contributed by atoms with Gasteiger partial charge in [-0.05, 0) is 45.0 Å². The van der Waals surface area contributed by atoms with Crippen LogP contribution in [0.25, 0.3) is 0 Å². The van der Waals surface area contributed by atoms with Crippen molar-refractivity contribution in [3.8, 4) is 5.75 Å². The van der Waals surface area contributed by atoms with Gasteiger partial charge in [-0.1, -0.05) is 0 Å². The summed E-state index contributed by atoms with van der Waals surface area (Å²) in [6.07, 6.45) is 3.40. The second-order valence-corrected chi connectivity index (χ2v) is 5.03. The molecule has 5 nitrogen and oxygen atoms in total. The Balaban J connectivity index is 1.95. The molecule has 1 aromatic carbocycles. The van der Waals surface area contributed by atoms with Gasteiger partial charge in [-0.3, -0.25) is 4.79 Å². The highest BCUT2D eigenvalue weighted by Crippen LogP contribution is 2.23. The zero-order valence-corrected chi connectivity index (χ0v) is 11.3. The number of amides is 1. The minimum absolute atomic E-state index is 0.383. The summed E-state index contributed by atoms with van der Waals surface area (Å²) in [5.74, 6) is -0.0128. The number of ether oxygens (including phenoxy) is 1. The lowest BCUT2D eigenvalue weighted by atomic mass is 10.1. The van der Waals surface area contributed by atoms with Gasteiger partial charge in [0.15, 0.2) is 0 Å². The van der Waals surface area contributed by atoms with Crippen LogP contribution in [-0.4, -0.2) is 37.0 Å². The Morgan fingerprint density at radius 2 is 2.32 bits per heavy atom. The largest absolute Gasteiger partial charge is 0.493 e. The first kappa shape index (κ1) is 13.7. The topological polar surface area (TPSA) is 81.6 Å². The molecule has 1 amide bonds. The Hall–Kier alpha value is -1.75. The molecule has 1 unspecified atom stereocenters. The highest BCUT2D eigenvalue weighted by molar-refractivity contribution is 5.96. The first-order valence-corrected chi connectivity index (χ1v) is 6.60. The number of likely N-dealkylation sites (tertiary alicyclic amines) is 1. The fourth-order valence-corrected chi connectivity index (χ4v) is 2.51. The smallest absolute Gasteiger partial charge is 0.252 e. The first-order valence-electron chi connectivity index (χ1n) is 6.60. The molecule has 0 saturated carbocycles. The SMILES string of the molecule is CN1CCCC1CCOc1cc(N)ccc1C(N)=O. The van der Waals surface area contributed by atoms with Crippen LogP contribution in [0.2, 0.25) is 0 Å². The molecule has 2 rings (SSSR count). The van der Waals surface area contributed by atoms with Crippen molar-refractivity contribution in [2.24, 2.45) is 5.73 Å². The predicted molar refractivity (Wildman–Crippen MR) is 75.1 cm³/mol. The zero-order valence-electron chi connectivity index (χ0n) is 11.3. The van der Waals surface area contributed by atoms with E-state index in [4.69, 9.17) is 16.2 Å². The van der Waals surface area contributed by atoms with E-state index < -0.39 is 5.91 Å². The number of hydrogen-bond acceptors (Lipinski definition) is 4. The molecule has 1 fully saturated rings. The van der Waals surface area contributed by atoms with Crippen molar-refractivity contribution in [1.82, 2.24) is 4.90 Å². The van der Waals surface area contributed by atoms with Gasteiger partial charge in [-0.15, -0.1) is 0 Å². The number of benzene rings is 1. The maximum atomic E-state index is 11.3. The quantitative estimate of drug-likeness (QED) is 0.783. The van der Waals surface area contributed by atoms with Gasteiger partial charge in [-0.25, -0.2) is 0 Å². The van der Waals surface area contributed by atoms with Crippen molar-refractivity contribution in [3.05, 3.63) is 23.8 Å². The van der Waals surface area contributed by atoms with Gasteiger partial charge in [0.25, 0.3) is 5.91 Å². The molecule has 1 heterocycles. The Morgan fingerprint density at radius 1 is 1.53 bits per heavy atom. The van der Waals surface area contributed by atoms with Crippen LogP contribution in [0.5, 0.6) is 5.75 Å². The number of primary amides is 1. The van der Waals surface area contributed by atoms with Crippen LogP contribution in [-0.2, 0) is 0 Å². The minimum atomic E-state index is -0.493. The zero-order chi connectivity index (χ0) is 13.8. The summed E-state index contributed by atoms with van der Waals surface area (Å²) in [5.41, 5.74) is 12.0. The summed E-state index contributed by atoms with van der Waals surface area (Å²) >= 11 is 0. The fraction of sp³-hybridized carbons (Fsp3) is 0.500. The van der Waals surface area contributed by atoms with Gasteiger partial charge in [-0.2, -0.15) is 0 Å². The molecule has 0 radical (unpaired) electrons. The van der Waals surface area contributed by atoms with E-state index in [0.717, 1.165) is 13.0 Å². The molecule has 4 N–H and O–H groups in total. The first-order chi connectivity index (χ1) is 9.08. The lowest BCUT2D eigenvalue weighted by Gasteiger charge is -2.19. The van der Waals surface area contributed by atoms with Gasteiger partial charge in [0, 0.05) is 17.8 Å². The molecular formula is C14H21N3O2. The standard InChI is InChI=1S/C14H21N3O2/c1-17-7-2-3-11(17)6-8-19-13-9-10(15)4-5-12(13)14(16)18/h4-5,9,11H,2-3,6-8,15H2,1H3,(H2,16,18). The van der Waals surface area contributed by atoms with Crippen LogP contribution >= 0.6 is 0 Å². The van der Waals surface area contributed by atoms with Crippen molar-refractivity contribution in [2.75, 3.05) is 25.9 Å². The van der Waals surface area contributed by atoms with E-state index in [9.17, 15) is 4.79 Å². The number of rotatable bonds is 5. The van der Waals surface area contributed by atoms with Crippen molar-refractivity contribution >= 4 is 11.6 Å². The Labute approximate surface area is 113 Å². The summed E-state index contributed by atoms with van der Waals surface area (Å²) in [6, 6.07) is 5.48. The molecule has 1 saturated heterocycles. The van der Waals surface area contributed by atoms with Crippen LogP contribution in [0.3, 0.4) is 0 Å². The van der Waals surface area contributed by atoms with Crippen molar-refractivity contribution in [1.29, 1.82) is 0 Å². The minimum Gasteiger partial charge on any atom is -0.493 e. The van der Waals surface area contributed by atoms with Gasteiger partial charge < -0.3 is 21.1 Å². The molecule has 104 valence electrons. The molecule has 5 heteroatoms. The van der Waals surface area contributed by atoms with Crippen LogP contribution in [0.4, 0.5) is 5.69 Å². The normalized spacial score (nSPS) is 19.5. The Bertz CT molecular complexity index is 462. The predicted octanol–water partition coefficient (Wildman–Crippen LogP) is 1.23. The van der Waals surface area contributed by atoms with Crippen molar-refractivity contribution < 1.29 is 9.53 Å². The van der Waals surface area contributed by atoms with E-state index in [-0.39, 0.29) is 0 Å². The molecule has 0 spiro atoms. The molecule has 0 bridgehead atoms. The fourth-order valence-electron chi connectivity index (χ4n) is 2.51. The second-order valence-electron chi connectivity index (χ2n) is 5.03. The number of anilines is 1. The molecule has 0 aromatic heterocycles. The third-order valence-corrected chi connectivity index (χ3v) is 3.65. The molecule has 1 aliphatic rings. The van der Waals surface area contributed by atoms with Crippen molar-refractivity contribution in [3.63, 3.8) is 0 Å². The third-order valence-electron chi connectivity index (χ3n) is 3.65. The number of hydrogen-bond donors (Lipinski definition) is 2. The lowest BCUT2D eigenvalue weighted by Crippen LogP contribution is -2.26. The maximum Gasteiger partial charge on any atom is 0.252 e. The van der Waals surface area contributed by atoms with Gasteiger partial charge in [0.1, 0.15) is 5.75 Å². The monoisotopic (exact) mass is 263 g/mol. The number of carbonyl (C=O) groups is 1. The van der Waals surface area contributed by atoms with Crippen LogP contribution in [0, 0.1) is 0 Å². The molecule has 1 aliphatic heterocycles. The number of nitrogen functional groups attached to an aromatic ring is 1. The van der Waals surface area contributed by atoms with E-state index >= 15 is 0 Å². The highest BCUT2D eigenvalue weighted by Gasteiger charge is 2.20.